The van der Waals surface area contributed by atoms with Crippen molar-refractivity contribution in [1.29, 1.82) is 0 Å². The summed E-state index contributed by atoms with van der Waals surface area (Å²) in [6, 6.07) is 5.63. The van der Waals surface area contributed by atoms with Gasteiger partial charge in [-0.1, -0.05) is 40.9 Å². The zero-order valence-electron chi connectivity index (χ0n) is 10.9. The van der Waals surface area contributed by atoms with E-state index < -0.39 is 11.7 Å². The molecule has 0 aliphatic rings. The van der Waals surface area contributed by atoms with E-state index in [9.17, 15) is 13.2 Å². The topological polar surface area (TPSA) is 17.3 Å². The number of alkyl halides is 3. The van der Waals surface area contributed by atoms with Crippen molar-refractivity contribution in [3.8, 4) is 11.4 Å². The van der Waals surface area contributed by atoms with Crippen LogP contribution >= 0.6 is 50.7 Å². The van der Waals surface area contributed by atoms with Crippen LogP contribution in [0.4, 0.5) is 13.2 Å². The van der Waals surface area contributed by atoms with E-state index in [2.05, 4.69) is 20.9 Å². The lowest BCUT2D eigenvalue weighted by atomic mass is 10.2. The molecular weight excluding hydrogens is 439 g/mol. The number of pyridine rings is 1. The van der Waals surface area contributed by atoms with Crippen molar-refractivity contribution >= 4 is 56.2 Å². The van der Waals surface area contributed by atoms with Crippen molar-refractivity contribution in [2.75, 3.05) is 0 Å². The van der Waals surface area contributed by atoms with E-state index in [0.29, 0.717) is 15.7 Å². The van der Waals surface area contributed by atoms with Crippen LogP contribution in [0.1, 0.15) is 5.56 Å². The predicted octanol–water partition coefficient (Wildman–Crippen LogP) is 6.74. The van der Waals surface area contributed by atoms with Crippen molar-refractivity contribution < 1.29 is 13.2 Å². The van der Waals surface area contributed by atoms with Crippen LogP contribution < -0.4 is 0 Å². The predicted molar refractivity (Wildman–Crippen MR) is 88.4 cm³/mol. The number of nitrogens with zero attached hydrogens (tertiary/aromatic N) is 2. The van der Waals surface area contributed by atoms with Crippen LogP contribution in [0.3, 0.4) is 0 Å². The van der Waals surface area contributed by atoms with Crippen LogP contribution in [0.2, 0.25) is 15.1 Å². The summed E-state index contributed by atoms with van der Waals surface area (Å²) in [5.74, 6) is 0.162. The van der Waals surface area contributed by atoms with Gasteiger partial charge in [0.05, 0.1) is 31.7 Å². The fourth-order valence-corrected chi connectivity index (χ4v) is 3.72. The molecule has 0 aliphatic carbocycles. The molecule has 0 saturated carbocycles. The Hall–Kier alpha value is -0.950. The zero-order valence-corrected chi connectivity index (χ0v) is 14.8. The van der Waals surface area contributed by atoms with E-state index in [1.54, 1.807) is 18.2 Å². The highest BCUT2D eigenvalue weighted by Crippen LogP contribution is 2.40. The highest BCUT2D eigenvalue weighted by atomic mass is 79.9. The second-order valence-electron chi connectivity index (χ2n) is 4.62. The van der Waals surface area contributed by atoms with E-state index in [1.165, 1.54) is 4.40 Å². The number of benzene rings is 1. The summed E-state index contributed by atoms with van der Waals surface area (Å²) in [4.78, 5) is 4.22. The second kappa shape index (κ2) is 5.84. The van der Waals surface area contributed by atoms with Gasteiger partial charge in [-0.15, -0.1) is 0 Å². The first-order valence-corrected chi connectivity index (χ1v) is 8.01. The number of hydrogen-bond donors (Lipinski definition) is 0. The first-order valence-electron chi connectivity index (χ1n) is 6.09. The zero-order chi connectivity index (χ0) is 16.9. The number of imidazole rings is 1. The summed E-state index contributed by atoms with van der Waals surface area (Å²) in [5, 5.41) is 0.449. The largest absolute Gasteiger partial charge is 0.417 e. The number of halogens is 7. The van der Waals surface area contributed by atoms with Gasteiger partial charge in [0.1, 0.15) is 10.4 Å². The third-order valence-corrected chi connectivity index (χ3v) is 4.63. The summed E-state index contributed by atoms with van der Waals surface area (Å²) in [5.41, 5.74) is -0.276. The molecule has 2 nitrogen and oxygen atoms in total. The molecule has 0 fully saturated rings. The number of aromatic nitrogens is 2. The van der Waals surface area contributed by atoms with Crippen LogP contribution in [0, 0.1) is 0 Å². The lowest BCUT2D eigenvalue weighted by Gasteiger charge is -2.11. The Morgan fingerprint density at radius 3 is 2.22 bits per heavy atom. The molecule has 120 valence electrons. The van der Waals surface area contributed by atoms with Gasteiger partial charge in [0.2, 0.25) is 0 Å². The van der Waals surface area contributed by atoms with Crippen LogP contribution in [0.5, 0.6) is 0 Å². The van der Waals surface area contributed by atoms with Gasteiger partial charge in [0, 0.05) is 6.20 Å². The Bertz CT molecular complexity index is 902. The summed E-state index contributed by atoms with van der Waals surface area (Å²) >= 11 is 21.5. The Labute approximate surface area is 151 Å². The third-order valence-electron chi connectivity index (χ3n) is 3.16. The number of rotatable bonds is 1. The molecule has 9 heteroatoms. The Kier molecular flexibility index (Phi) is 4.29. The van der Waals surface area contributed by atoms with E-state index in [1.807, 2.05) is 0 Å². The molecule has 3 rings (SSSR count). The van der Waals surface area contributed by atoms with Gasteiger partial charge in [-0.05, 0) is 34.1 Å². The minimum atomic E-state index is -4.55. The minimum absolute atomic E-state index is 0.0892. The lowest BCUT2D eigenvalue weighted by Crippen LogP contribution is -2.07. The van der Waals surface area contributed by atoms with Crippen molar-refractivity contribution in [1.82, 2.24) is 9.38 Å². The van der Waals surface area contributed by atoms with Crippen LogP contribution in [0.25, 0.3) is 16.9 Å². The SMILES string of the molecule is FC(F)(F)c1cc(Cl)c2c(Br)nc(-c3c(Cl)cccc3Cl)n2c1. The Morgan fingerprint density at radius 2 is 1.65 bits per heavy atom. The van der Waals surface area contributed by atoms with Crippen LogP contribution in [0.15, 0.2) is 35.1 Å². The monoisotopic (exact) mass is 442 g/mol. The normalized spacial score (nSPS) is 12.1. The molecule has 0 radical (unpaired) electrons. The molecule has 0 aliphatic heterocycles. The molecule has 0 bridgehead atoms. The van der Waals surface area contributed by atoms with E-state index in [4.69, 9.17) is 34.8 Å². The van der Waals surface area contributed by atoms with Gasteiger partial charge in [0.25, 0.3) is 0 Å². The molecule has 3 aromatic rings. The first kappa shape index (κ1) is 16.9. The highest BCUT2D eigenvalue weighted by molar-refractivity contribution is 9.10. The van der Waals surface area contributed by atoms with Crippen molar-refractivity contribution in [2.45, 2.75) is 6.18 Å². The maximum atomic E-state index is 13.0. The van der Waals surface area contributed by atoms with Crippen LogP contribution in [-0.4, -0.2) is 9.38 Å². The standard InChI is InChI=1S/C14H5BrCl3F3N2/c15-12-11-9(18)4-6(14(19,20)21)5-23(11)13(22-12)10-7(16)2-1-3-8(10)17/h1-5H. The molecule has 0 N–H and O–H groups in total. The number of hydrogen-bond acceptors (Lipinski definition) is 1. The van der Waals surface area contributed by atoms with E-state index in [0.717, 1.165) is 12.3 Å². The summed E-state index contributed by atoms with van der Waals surface area (Å²) in [6.45, 7) is 0. The first-order chi connectivity index (χ1) is 10.7. The molecule has 0 spiro atoms. The summed E-state index contributed by atoms with van der Waals surface area (Å²) in [7, 11) is 0. The molecule has 0 saturated heterocycles. The van der Waals surface area contributed by atoms with Gasteiger partial charge in [-0.3, -0.25) is 4.40 Å². The number of fused-ring (bicyclic) bond motifs is 1. The quantitative estimate of drug-likeness (QED) is 0.406. The molecular formula is C14H5BrCl3F3N2. The minimum Gasteiger partial charge on any atom is -0.297 e. The Morgan fingerprint density at radius 1 is 1.04 bits per heavy atom. The van der Waals surface area contributed by atoms with Crippen molar-refractivity contribution in [3.05, 3.63) is 55.7 Å². The Balaban J connectivity index is 2.41. The lowest BCUT2D eigenvalue weighted by molar-refractivity contribution is -0.137. The van der Waals surface area contributed by atoms with Gasteiger partial charge < -0.3 is 0 Å². The molecule has 0 amide bonds. The van der Waals surface area contributed by atoms with Crippen molar-refractivity contribution in [2.24, 2.45) is 0 Å². The van der Waals surface area contributed by atoms with Gasteiger partial charge >= 0.3 is 6.18 Å². The van der Waals surface area contributed by atoms with Gasteiger partial charge in [-0.25, -0.2) is 4.98 Å². The van der Waals surface area contributed by atoms with Gasteiger partial charge in [-0.2, -0.15) is 13.2 Å². The van der Waals surface area contributed by atoms with Gasteiger partial charge in [0.15, 0.2) is 0 Å². The smallest absolute Gasteiger partial charge is 0.297 e. The van der Waals surface area contributed by atoms with E-state index >= 15 is 0 Å². The average Bonchev–Trinajstić information content (AvgIpc) is 2.75. The molecule has 0 unspecified atom stereocenters. The summed E-state index contributed by atoms with van der Waals surface area (Å²) < 4.78 is 40.6. The maximum Gasteiger partial charge on any atom is 0.417 e. The third kappa shape index (κ3) is 2.93. The van der Waals surface area contributed by atoms with E-state index in [-0.39, 0.29) is 20.9 Å². The molecule has 2 heterocycles. The molecule has 23 heavy (non-hydrogen) atoms. The maximum absolute atomic E-state index is 13.0. The molecule has 1 aromatic carbocycles. The van der Waals surface area contributed by atoms with Crippen molar-refractivity contribution in [3.63, 3.8) is 0 Å². The average molecular weight is 444 g/mol. The highest BCUT2D eigenvalue weighted by Gasteiger charge is 2.32. The van der Waals surface area contributed by atoms with Crippen LogP contribution in [-0.2, 0) is 6.18 Å². The summed E-state index contributed by atoms with van der Waals surface area (Å²) in [6.07, 6.45) is -3.63. The fraction of sp³-hybridized carbons (Fsp3) is 0.0714. The molecule has 2 aromatic heterocycles. The molecule has 0 atom stereocenters. The fourth-order valence-electron chi connectivity index (χ4n) is 2.17. The second-order valence-corrected chi connectivity index (χ2v) is 6.59.